The maximum atomic E-state index is 12.8. The highest BCUT2D eigenvalue weighted by Gasteiger charge is 2.41. The predicted octanol–water partition coefficient (Wildman–Crippen LogP) is 3.56. The minimum Gasteiger partial charge on any atom is -0.493 e. The molecule has 1 aromatic rings. The molecule has 2 N–H and O–H groups in total. The van der Waals surface area contributed by atoms with E-state index in [2.05, 4.69) is 18.7 Å². The van der Waals surface area contributed by atoms with Crippen molar-refractivity contribution in [1.29, 1.82) is 0 Å². The molecule has 30 heavy (non-hydrogen) atoms. The van der Waals surface area contributed by atoms with Crippen molar-refractivity contribution in [3.8, 4) is 11.5 Å². The Bertz CT molecular complexity index is 895. The molecule has 2 heterocycles. The van der Waals surface area contributed by atoms with Crippen LogP contribution in [0.4, 0.5) is 0 Å². The molecule has 0 spiro atoms. The standard InChI is InChI=1S/C24H38N2O4/c1-14(2)9-17-13-26-8-7-16-10-21(28-5)22(29-6)11-18(16)19(26)12-20(17)30-24(27)23(25)15(3)4/h10-11,14-15,17,19-20,23H,7-9,12-13,25H2,1-6H3/t17?,19?,20?,23-/m0/s1/i10D,11D,19D. The molecule has 2 aliphatic heterocycles. The molecule has 6 nitrogen and oxygen atoms in total. The van der Waals surface area contributed by atoms with Gasteiger partial charge in [0, 0.05) is 31.4 Å². The van der Waals surface area contributed by atoms with E-state index in [4.69, 9.17) is 22.7 Å². The van der Waals surface area contributed by atoms with E-state index in [1.807, 2.05) is 13.8 Å². The second-order valence-electron chi connectivity index (χ2n) is 9.15. The molecule has 1 aromatic carbocycles. The maximum Gasteiger partial charge on any atom is 0.323 e. The molecule has 0 aromatic heterocycles. The van der Waals surface area contributed by atoms with Gasteiger partial charge < -0.3 is 19.9 Å². The van der Waals surface area contributed by atoms with Crippen LogP contribution >= 0.6 is 0 Å². The lowest BCUT2D eigenvalue weighted by atomic mass is 9.79. The molecule has 0 aliphatic carbocycles. The van der Waals surface area contributed by atoms with Gasteiger partial charge in [0.05, 0.1) is 18.3 Å². The zero-order valence-corrected chi connectivity index (χ0v) is 19.1. The molecule has 3 rings (SSSR count). The quantitative estimate of drug-likeness (QED) is 0.679. The Morgan fingerprint density at radius 1 is 1.27 bits per heavy atom. The van der Waals surface area contributed by atoms with Gasteiger partial charge in [-0.05, 0) is 47.9 Å². The molecular formula is C24H38N2O4. The van der Waals surface area contributed by atoms with Crippen molar-refractivity contribution in [1.82, 2.24) is 4.90 Å². The number of hydrogen-bond acceptors (Lipinski definition) is 6. The van der Waals surface area contributed by atoms with Crippen LogP contribution in [0.1, 0.15) is 61.8 Å². The van der Waals surface area contributed by atoms with E-state index in [0.29, 0.717) is 36.6 Å². The van der Waals surface area contributed by atoms with E-state index in [9.17, 15) is 6.17 Å². The Balaban J connectivity index is 2.06. The van der Waals surface area contributed by atoms with Gasteiger partial charge in [0.15, 0.2) is 11.5 Å². The van der Waals surface area contributed by atoms with Crippen molar-refractivity contribution in [2.45, 2.75) is 65.1 Å². The Kier molecular flexibility index (Phi) is 6.04. The summed E-state index contributed by atoms with van der Waals surface area (Å²) >= 11 is 0. The van der Waals surface area contributed by atoms with E-state index in [-0.39, 0.29) is 41.8 Å². The van der Waals surface area contributed by atoms with Crippen LogP contribution in [0.5, 0.6) is 11.5 Å². The monoisotopic (exact) mass is 421 g/mol. The van der Waals surface area contributed by atoms with Crippen molar-refractivity contribution >= 4 is 5.97 Å². The number of nitrogens with two attached hydrogens (primary N) is 1. The highest BCUT2D eigenvalue weighted by Crippen LogP contribution is 2.44. The average Bonchev–Trinajstić information content (AvgIpc) is 2.74. The van der Waals surface area contributed by atoms with Crippen molar-refractivity contribution < 1.29 is 23.1 Å². The highest BCUT2D eigenvalue weighted by atomic mass is 16.5. The number of hydrogen-bond donors (Lipinski definition) is 1. The number of methoxy groups -OCH3 is 2. The summed E-state index contributed by atoms with van der Waals surface area (Å²) in [5, 5.41) is 0. The Morgan fingerprint density at radius 3 is 2.53 bits per heavy atom. The van der Waals surface area contributed by atoms with Crippen LogP contribution in [0, 0.1) is 17.8 Å². The Labute approximate surface area is 185 Å². The number of fused-ring (bicyclic) bond motifs is 3. The molecule has 0 saturated carbocycles. The summed E-state index contributed by atoms with van der Waals surface area (Å²) in [7, 11) is 2.90. The van der Waals surface area contributed by atoms with Gasteiger partial charge in [0.2, 0.25) is 0 Å². The summed E-state index contributed by atoms with van der Waals surface area (Å²) in [6.45, 7) is 9.21. The number of rotatable bonds is 7. The second kappa shape index (κ2) is 9.56. The zero-order chi connectivity index (χ0) is 24.7. The Morgan fingerprint density at radius 2 is 1.93 bits per heavy atom. The fourth-order valence-corrected chi connectivity index (χ4v) is 4.42. The van der Waals surface area contributed by atoms with Crippen LogP contribution in [-0.4, -0.2) is 50.3 Å². The van der Waals surface area contributed by atoms with Crippen molar-refractivity contribution in [2.75, 3.05) is 27.3 Å². The van der Waals surface area contributed by atoms with Gasteiger partial charge in [-0.3, -0.25) is 9.69 Å². The first-order chi connectivity index (χ1) is 15.5. The third-order valence-corrected chi connectivity index (χ3v) is 6.13. The lowest BCUT2D eigenvalue weighted by Gasteiger charge is -2.47. The van der Waals surface area contributed by atoms with Gasteiger partial charge >= 0.3 is 5.97 Å². The first kappa shape index (κ1) is 18.9. The van der Waals surface area contributed by atoms with E-state index in [0.717, 1.165) is 6.42 Å². The summed E-state index contributed by atoms with van der Waals surface area (Å²) in [5.74, 6) is 0.354. The lowest BCUT2D eigenvalue weighted by Crippen LogP contribution is -2.51. The average molecular weight is 422 g/mol. The van der Waals surface area contributed by atoms with Crippen molar-refractivity contribution in [2.24, 2.45) is 23.5 Å². The van der Waals surface area contributed by atoms with Gasteiger partial charge in [-0.25, -0.2) is 0 Å². The fourth-order valence-electron chi connectivity index (χ4n) is 4.42. The number of benzene rings is 1. The predicted molar refractivity (Wildman–Crippen MR) is 118 cm³/mol. The second-order valence-corrected chi connectivity index (χ2v) is 9.15. The third-order valence-electron chi connectivity index (χ3n) is 6.13. The van der Waals surface area contributed by atoms with Crippen LogP contribution < -0.4 is 15.2 Å². The topological polar surface area (TPSA) is 74.0 Å². The van der Waals surface area contributed by atoms with Gasteiger partial charge in [0.25, 0.3) is 0 Å². The number of nitrogens with zero attached hydrogens (tertiary/aromatic N) is 1. The van der Waals surface area contributed by atoms with Gasteiger partial charge in [0.1, 0.15) is 12.1 Å². The smallest absolute Gasteiger partial charge is 0.323 e. The first-order valence-electron chi connectivity index (χ1n) is 12.4. The molecule has 0 radical (unpaired) electrons. The van der Waals surface area contributed by atoms with Crippen LogP contribution in [0.2, 0.25) is 0 Å². The van der Waals surface area contributed by atoms with E-state index in [1.165, 1.54) is 14.2 Å². The molecule has 168 valence electrons. The number of ether oxygens (including phenoxy) is 3. The summed E-state index contributed by atoms with van der Waals surface area (Å²) in [4.78, 5) is 14.8. The molecule has 4 atom stereocenters. The van der Waals surface area contributed by atoms with Gasteiger partial charge in [-0.2, -0.15) is 0 Å². The van der Waals surface area contributed by atoms with E-state index >= 15 is 0 Å². The molecule has 2 aliphatic rings. The van der Waals surface area contributed by atoms with Crippen LogP contribution in [-0.2, 0) is 16.0 Å². The summed E-state index contributed by atoms with van der Waals surface area (Å²) < 4.78 is 43.8. The van der Waals surface area contributed by atoms with Gasteiger partial charge in [-0.1, -0.05) is 27.7 Å². The SMILES string of the molecule is [2H]c1c2c(c([2H])c(OC)c1OC)C1([2H])CC(OC(=O)[C@@H](N)C(C)C)C(CC(C)C)CN1CC2. The molecule has 3 unspecified atom stereocenters. The molecule has 6 heteroatoms. The zero-order valence-electron chi connectivity index (χ0n) is 22.1. The Hall–Kier alpha value is -1.79. The van der Waals surface area contributed by atoms with Crippen LogP contribution in [0.3, 0.4) is 0 Å². The molecule has 0 amide bonds. The minimum absolute atomic E-state index is 0.0519. The van der Waals surface area contributed by atoms with Gasteiger partial charge in [-0.15, -0.1) is 0 Å². The first-order valence-corrected chi connectivity index (χ1v) is 10.9. The molecule has 0 bridgehead atoms. The normalized spacial score (nSPS) is 28.8. The van der Waals surface area contributed by atoms with Crippen molar-refractivity contribution in [3.05, 3.63) is 23.2 Å². The van der Waals surface area contributed by atoms with E-state index in [1.54, 1.807) is 0 Å². The van der Waals surface area contributed by atoms with E-state index < -0.39 is 24.1 Å². The van der Waals surface area contributed by atoms with Crippen molar-refractivity contribution in [3.63, 3.8) is 0 Å². The summed E-state index contributed by atoms with van der Waals surface area (Å²) in [5.41, 5.74) is 7.15. The molecule has 1 saturated heterocycles. The number of piperidine rings is 1. The fraction of sp³-hybridized carbons (Fsp3) is 0.708. The number of carbonyl (C=O) groups is 1. The maximum absolute atomic E-state index is 12.8. The van der Waals surface area contributed by atoms with Crippen LogP contribution in [0.25, 0.3) is 0 Å². The summed E-state index contributed by atoms with van der Waals surface area (Å²) in [6, 6.07) is -1.81. The minimum atomic E-state index is -1.31. The molecule has 1 fully saturated rings. The lowest BCUT2D eigenvalue weighted by molar-refractivity contribution is -0.160. The summed E-state index contributed by atoms with van der Waals surface area (Å²) in [6.07, 6.45) is 1.14. The molecular weight excluding hydrogens is 380 g/mol. The number of carbonyl (C=O) groups excluding carboxylic acids is 1. The third kappa shape index (κ3) is 4.75. The largest absolute Gasteiger partial charge is 0.493 e. The van der Waals surface area contributed by atoms with Crippen LogP contribution in [0.15, 0.2) is 12.1 Å². The number of esters is 1. The highest BCUT2D eigenvalue weighted by molar-refractivity contribution is 5.76.